The lowest BCUT2D eigenvalue weighted by atomic mass is 9.89. The molecule has 0 radical (unpaired) electrons. The molecule has 0 aliphatic rings. The van der Waals surface area contributed by atoms with E-state index >= 15 is 0 Å². The third-order valence-electron chi connectivity index (χ3n) is 8.32. The van der Waals surface area contributed by atoms with Crippen molar-refractivity contribution in [2.75, 3.05) is 6.61 Å². The van der Waals surface area contributed by atoms with Crippen LogP contribution in [0.15, 0.2) is 60.7 Å². The minimum atomic E-state index is -2.57. The van der Waals surface area contributed by atoms with Gasteiger partial charge in [0.15, 0.2) is 8.32 Å². The van der Waals surface area contributed by atoms with E-state index < -0.39 is 16.6 Å². The predicted octanol–water partition coefficient (Wildman–Crippen LogP) is 7.20. The molecule has 0 heterocycles. The highest BCUT2D eigenvalue weighted by Gasteiger charge is 2.50. The van der Waals surface area contributed by atoms with Crippen LogP contribution >= 0.6 is 0 Å². The van der Waals surface area contributed by atoms with E-state index in [9.17, 15) is 4.79 Å². The molecule has 0 bridgehead atoms. The van der Waals surface area contributed by atoms with E-state index in [2.05, 4.69) is 109 Å². The van der Waals surface area contributed by atoms with E-state index in [0.29, 0.717) is 6.61 Å². The Morgan fingerprint density at radius 3 is 1.64 bits per heavy atom. The summed E-state index contributed by atoms with van der Waals surface area (Å²) >= 11 is 0. The van der Waals surface area contributed by atoms with Crippen molar-refractivity contribution in [1.29, 1.82) is 0 Å². The Kier molecular flexibility index (Phi) is 11.4. The van der Waals surface area contributed by atoms with Gasteiger partial charge in [0.25, 0.3) is 8.32 Å². The third-order valence-corrected chi connectivity index (χ3v) is 18.0. The Hall–Kier alpha value is -1.54. The van der Waals surface area contributed by atoms with Gasteiger partial charge in [-0.15, -0.1) is 0 Å². The summed E-state index contributed by atoms with van der Waals surface area (Å²) in [5.74, 6) is 0.342. The van der Waals surface area contributed by atoms with Crippen molar-refractivity contribution in [3.63, 3.8) is 0 Å². The molecule has 0 saturated heterocycles. The topological polar surface area (TPSA) is 35.5 Å². The number of hydrogen-bond acceptors (Lipinski definition) is 3. The molecule has 0 fully saturated rings. The van der Waals surface area contributed by atoms with Crippen LogP contribution in [-0.2, 0) is 13.6 Å². The Balaban J connectivity index is 2.37. The summed E-state index contributed by atoms with van der Waals surface area (Å²) in [6.07, 6.45) is 0.811. The van der Waals surface area contributed by atoms with Crippen molar-refractivity contribution in [2.45, 2.75) is 98.0 Å². The number of hydrogen-bond donors (Lipinski definition) is 0. The zero-order valence-corrected chi connectivity index (χ0v) is 26.3. The lowest BCUT2D eigenvalue weighted by Crippen LogP contribution is -2.66. The van der Waals surface area contributed by atoms with Gasteiger partial charge in [0.05, 0.1) is 6.10 Å². The van der Waals surface area contributed by atoms with Crippen LogP contribution in [0, 0.1) is 11.8 Å². The largest absolute Gasteiger partial charge is 0.413 e. The first kappa shape index (κ1) is 30.7. The molecular formula is C31H50O3Si2. The molecule has 2 aromatic rings. The number of Topliss-reactive ketones (excluding diaryl/α,β-unsaturated/α-hetero) is 1. The van der Waals surface area contributed by atoms with Gasteiger partial charge < -0.3 is 8.85 Å². The molecule has 0 aliphatic carbocycles. The Labute approximate surface area is 223 Å². The maximum Gasteiger partial charge on any atom is 0.261 e. The molecule has 3 atom stereocenters. The Morgan fingerprint density at radius 2 is 1.28 bits per heavy atom. The fourth-order valence-electron chi connectivity index (χ4n) is 5.55. The van der Waals surface area contributed by atoms with E-state index in [-0.39, 0.29) is 28.8 Å². The maximum atomic E-state index is 12.5. The molecule has 0 saturated carbocycles. The van der Waals surface area contributed by atoms with Crippen LogP contribution in [0.4, 0.5) is 0 Å². The van der Waals surface area contributed by atoms with Gasteiger partial charge in [0, 0.05) is 12.5 Å². The van der Waals surface area contributed by atoms with Crippen LogP contribution < -0.4 is 10.4 Å². The van der Waals surface area contributed by atoms with Gasteiger partial charge in [-0.25, -0.2) is 0 Å². The smallest absolute Gasteiger partial charge is 0.261 e. The van der Waals surface area contributed by atoms with Gasteiger partial charge in [-0.3, -0.25) is 4.79 Å². The maximum absolute atomic E-state index is 12.5. The molecule has 0 aromatic heterocycles. The van der Waals surface area contributed by atoms with Gasteiger partial charge in [-0.05, 0) is 52.8 Å². The van der Waals surface area contributed by atoms with Crippen LogP contribution in [0.25, 0.3) is 0 Å². The quantitative estimate of drug-likeness (QED) is 0.244. The van der Waals surface area contributed by atoms with Gasteiger partial charge in [-0.2, -0.15) is 0 Å². The molecule has 2 aromatic carbocycles. The summed E-state index contributed by atoms with van der Waals surface area (Å²) in [7, 11) is -4.41. The van der Waals surface area contributed by atoms with Crippen LogP contribution in [0.1, 0.15) is 68.7 Å². The van der Waals surface area contributed by atoms with Gasteiger partial charge in [0.2, 0.25) is 0 Å². The van der Waals surface area contributed by atoms with Crippen LogP contribution in [0.2, 0.25) is 23.2 Å². The number of ketones is 1. The first-order valence-electron chi connectivity index (χ1n) is 13.9. The highest BCUT2D eigenvalue weighted by molar-refractivity contribution is 6.99. The summed E-state index contributed by atoms with van der Waals surface area (Å²) in [6, 6.07) is 24.9. The molecular weight excluding hydrogens is 477 g/mol. The van der Waals surface area contributed by atoms with E-state index in [1.807, 2.05) is 6.92 Å². The summed E-state index contributed by atoms with van der Waals surface area (Å²) in [5.41, 5.74) is 0. The first-order valence-corrected chi connectivity index (χ1v) is 18.3. The number of carbonyl (C=O) groups is 1. The highest BCUT2D eigenvalue weighted by atomic mass is 28.4. The molecule has 200 valence electrons. The minimum Gasteiger partial charge on any atom is -0.413 e. The van der Waals surface area contributed by atoms with Crippen molar-refractivity contribution in [3.8, 4) is 0 Å². The zero-order valence-electron chi connectivity index (χ0n) is 24.3. The van der Waals surface area contributed by atoms with Gasteiger partial charge in [0.1, 0.15) is 5.78 Å². The third kappa shape index (κ3) is 6.86. The van der Waals surface area contributed by atoms with E-state index in [0.717, 1.165) is 24.6 Å². The van der Waals surface area contributed by atoms with Crippen molar-refractivity contribution in [1.82, 2.24) is 0 Å². The highest BCUT2D eigenvalue weighted by Crippen LogP contribution is 2.37. The summed E-state index contributed by atoms with van der Waals surface area (Å²) in [6.45, 7) is 20.4. The van der Waals surface area contributed by atoms with Crippen LogP contribution in [-0.4, -0.2) is 35.1 Å². The fourth-order valence-corrected chi connectivity index (χ4v) is 13.1. The second-order valence-electron chi connectivity index (χ2n) is 11.5. The molecule has 5 heteroatoms. The summed E-state index contributed by atoms with van der Waals surface area (Å²) in [4.78, 5) is 12.5. The fraction of sp³-hybridized carbons (Fsp3) is 0.581. The second kappa shape index (κ2) is 13.3. The van der Waals surface area contributed by atoms with E-state index in [4.69, 9.17) is 8.85 Å². The van der Waals surface area contributed by atoms with E-state index in [1.54, 1.807) is 6.92 Å². The summed E-state index contributed by atoms with van der Waals surface area (Å²) < 4.78 is 14.1. The van der Waals surface area contributed by atoms with Crippen molar-refractivity contribution < 1.29 is 13.6 Å². The molecule has 0 unspecified atom stereocenters. The number of benzene rings is 2. The lowest BCUT2D eigenvalue weighted by Gasteiger charge is -2.43. The van der Waals surface area contributed by atoms with Crippen molar-refractivity contribution >= 4 is 32.8 Å². The predicted molar refractivity (Wildman–Crippen MR) is 159 cm³/mol. The Morgan fingerprint density at radius 1 is 0.833 bits per heavy atom. The average molecular weight is 527 g/mol. The molecule has 36 heavy (non-hydrogen) atoms. The van der Waals surface area contributed by atoms with E-state index in [1.165, 1.54) is 10.4 Å². The number of carbonyl (C=O) groups excluding carboxylic acids is 1. The number of rotatable bonds is 14. The molecule has 0 N–H and O–H groups in total. The minimum absolute atomic E-state index is 0.0454. The summed E-state index contributed by atoms with van der Waals surface area (Å²) in [5, 5.41) is 2.56. The molecule has 0 amide bonds. The first-order chi connectivity index (χ1) is 17.0. The molecule has 0 spiro atoms. The lowest BCUT2D eigenvalue weighted by molar-refractivity contribution is -0.124. The van der Waals surface area contributed by atoms with Crippen LogP contribution in [0.5, 0.6) is 0 Å². The van der Waals surface area contributed by atoms with Crippen molar-refractivity contribution in [2.24, 2.45) is 11.8 Å². The zero-order chi connectivity index (χ0) is 27.0. The average Bonchev–Trinajstić information content (AvgIpc) is 2.87. The molecule has 2 rings (SSSR count). The standard InChI is InChI=1S/C31H50O3Si2/c1-10-35(11-2,12-3)34-30(26(5)27(6)32)25(4)23-24-33-36(31(7,8)9,28-19-15-13-16-20-28)29-21-17-14-18-22-29/h13-22,25-26,30H,10-12,23-24H2,1-9H3/t25-,26-,30+/m0/s1. The van der Waals surface area contributed by atoms with Crippen molar-refractivity contribution in [3.05, 3.63) is 60.7 Å². The second-order valence-corrected chi connectivity index (χ2v) is 20.5. The van der Waals surface area contributed by atoms with Gasteiger partial charge >= 0.3 is 0 Å². The molecule has 3 nitrogen and oxygen atoms in total. The monoisotopic (exact) mass is 526 g/mol. The normalized spacial score (nSPS) is 15.4. The molecule has 0 aliphatic heterocycles. The Bertz CT molecular complexity index is 872. The van der Waals surface area contributed by atoms with Crippen LogP contribution in [0.3, 0.4) is 0 Å². The van der Waals surface area contributed by atoms with Gasteiger partial charge in [-0.1, -0.05) is 116 Å². The SMILES string of the molecule is CC[Si](CC)(CC)O[C@H]([C@@H](C)CCO[Si](c1ccccc1)(c1ccccc1)C(C)(C)C)[C@@H](C)C(C)=O.